The third-order valence-corrected chi connectivity index (χ3v) is 6.72. The van der Waals surface area contributed by atoms with Gasteiger partial charge < -0.3 is 4.74 Å². The number of esters is 1. The van der Waals surface area contributed by atoms with Gasteiger partial charge in [0, 0.05) is 28.1 Å². The average molecular weight is 425 g/mol. The van der Waals surface area contributed by atoms with E-state index in [1.54, 1.807) is 7.11 Å². The summed E-state index contributed by atoms with van der Waals surface area (Å²) in [4.78, 5) is 15.3. The summed E-state index contributed by atoms with van der Waals surface area (Å²) in [5, 5.41) is 0. The standard InChI is InChI=1S/C19H24INO2/c1-23-19(22)18-16(13-4-6-14(20)7-5-13)10-15-8-9-17(18)21(15)11-12-2-3-12/h4-7,12,15-18H,2-3,8-11H2,1H3/t15-,16+,17+,18-/m0/s1. The zero-order valence-corrected chi connectivity index (χ0v) is 15.7. The van der Waals surface area contributed by atoms with Crippen LogP contribution in [0.15, 0.2) is 24.3 Å². The molecular formula is C19H24INO2. The maximum atomic E-state index is 12.6. The molecule has 2 saturated heterocycles. The Hall–Kier alpha value is -0.620. The molecule has 124 valence electrons. The van der Waals surface area contributed by atoms with E-state index in [1.165, 1.54) is 34.9 Å². The number of nitrogens with zero attached hydrogens (tertiary/aromatic N) is 1. The number of hydrogen-bond acceptors (Lipinski definition) is 3. The molecule has 2 heterocycles. The lowest BCUT2D eigenvalue weighted by atomic mass is 9.76. The van der Waals surface area contributed by atoms with Crippen molar-refractivity contribution in [2.45, 2.75) is 50.1 Å². The molecule has 23 heavy (non-hydrogen) atoms. The monoisotopic (exact) mass is 425 g/mol. The van der Waals surface area contributed by atoms with Crippen molar-refractivity contribution < 1.29 is 9.53 Å². The van der Waals surface area contributed by atoms with Gasteiger partial charge in [-0.25, -0.2) is 0 Å². The number of halogens is 1. The van der Waals surface area contributed by atoms with Crippen LogP contribution in [-0.4, -0.2) is 36.6 Å². The van der Waals surface area contributed by atoms with Crippen LogP contribution >= 0.6 is 22.6 Å². The second kappa shape index (κ2) is 6.36. The summed E-state index contributed by atoms with van der Waals surface area (Å²) in [6, 6.07) is 9.76. The average Bonchev–Trinajstić information content (AvgIpc) is 3.33. The maximum Gasteiger partial charge on any atom is 0.310 e. The number of carbonyl (C=O) groups is 1. The molecule has 3 aliphatic rings. The SMILES string of the molecule is COC(=O)[C@H]1[C@@H](c2ccc(I)cc2)C[C@@H]2CC[C@H]1N2CC1CC1. The highest BCUT2D eigenvalue weighted by molar-refractivity contribution is 14.1. The molecule has 3 nitrogen and oxygen atoms in total. The lowest BCUT2D eigenvalue weighted by Gasteiger charge is -2.43. The van der Waals surface area contributed by atoms with Gasteiger partial charge in [-0.15, -0.1) is 0 Å². The van der Waals surface area contributed by atoms with Crippen molar-refractivity contribution >= 4 is 28.6 Å². The van der Waals surface area contributed by atoms with Crippen molar-refractivity contribution in [3.05, 3.63) is 33.4 Å². The first kappa shape index (κ1) is 15.9. The Morgan fingerprint density at radius 3 is 2.61 bits per heavy atom. The number of ether oxygens (including phenoxy) is 1. The third-order valence-electron chi connectivity index (χ3n) is 6.00. The first-order valence-electron chi connectivity index (χ1n) is 8.76. The second-order valence-electron chi connectivity index (χ2n) is 7.38. The Morgan fingerprint density at radius 2 is 1.96 bits per heavy atom. The summed E-state index contributed by atoms with van der Waals surface area (Å²) in [5.74, 6) is 1.18. The number of methoxy groups -OCH3 is 1. The van der Waals surface area contributed by atoms with Gasteiger partial charge in [0.15, 0.2) is 0 Å². The van der Waals surface area contributed by atoms with Gasteiger partial charge >= 0.3 is 5.97 Å². The van der Waals surface area contributed by atoms with Gasteiger partial charge in [-0.3, -0.25) is 9.69 Å². The first-order valence-corrected chi connectivity index (χ1v) is 9.84. The molecule has 1 aromatic carbocycles. The molecule has 0 unspecified atom stereocenters. The predicted octanol–water partition coefficient (Wildman–Crippen LogP) is 3.81. The summed E-state index contributed by atoms with van der Waals surface area (Å²) in [6.45, 7) is 1.20. The van der Waals surface area contributed by atoms with Crippen molar-refractivity contribution in [3.8, 4) is 0 Å². The number of fused-ring (bicyclic) bond motifs is 2. The van der Waals surface area contributed by atoms with E-state index in [1.807, 2.05) is 0 Å². The van der Waals surface area contributed by atoms with Crippen LogP contribution in [0.1, 0.15) is 43.6 Å². The fourth-order valence-electron chi connectivity index (χ4n) is 4.71. The highest BCUT2D eigenvalue weighted by Crippen LogP contribution is 2.48. The quantitative estimate of drug-likeness (QED) is 0.543. The topological polar surface area (TPSA) is 29.5 Å². The fraction of sp³-hybridized carbons (Fsp3) is 0.632. The fourth-order valence-corrected chi connectivity index (χ4v) is 5.07. The molecule has 4 rings (SSSR count). The molecule has 4 heteroatoms. The van der Waals surface area contributed by atoms with Crippen LogP contribution in [0, 0.1) is 15.4 Å². The van der Waals surface area contributed by atoms with Gasteiger partial charge in [0.2, 0.25) is 0 Å². The largest absolute Gasteiger partial charge is 0.469 e. The van der Waals surface area contributed by atoms with Gasteiger partial charge in [0.25, 0.3) is 0 Å². The Labute approximate surface area is 151 Å². The molecule has 2 bridgehead atoms. The zero-order chi connectivity index (χ0) is 16.0. The second-order valence-corrected chi connectivity index (χ2v) is 8.63. The molecule has 4 atom stereocenters. The van der Waals surface area contributed by atoms with Crippen LogP contribution < -0.4 is 0 Å². The van der Waals surface area contributed by atoms with E-state index in [-0.39, 0.29) is 11.9 Å². The van der Waals surface area contributed by atoms with Crippen molar-refractivity contribution in [3.63, 3.8) is 0 Å². The molecule has 0 aromatic heterocycles. The lowest BCUT2D eigenvalue weighted by Crippen LogP contribution is -2.51. The zero-order valence-electron chi connectivity index (χ0n) is 13.6. The molecule has 1 saturated carbocycles. The minimum atomic E-state index is -0.0142. The number of benzene rings is 1. The van der Waals surface area contributed by atoms with E-state index in [0.29, 0.717) is 18.0 Å². The van der Waals surface area contributed by atoms with Crippen molar-refractivity contribution in [2.24, 2.45) is 11.8 Å². The molecule has 1 aromatic rings. The van der Waals surface area contributed by atoms with Crippen molar-refractivity contribution in [1.82, 2.24) is 4.90 Å². The van der Waals surface area contributed by atoms with Gasteiger partial charge in [0.1, 0.15) is 0 Å². The van der Waals surface area contributed by atoms with Crippen LogP contribution in [0.2, 0.25) is 0 Å². The van der Waals surface area contributed by atoms with E-state index in [9.17, 15) is 4.79 Å². The summed E-state index contributed by atoms with van der Waals surface area (Å²) >= 11 is 2.34. The minimum Gasteiger partial charge on any atom is -0.469 e. The summed E-state index contributed by atoms with van der Waals surface area (Å²) in [5.41, 5.74) is 1.31. The lowest BCUT2D eigenvalue weighted by molar-refractivity contribution is -0.150. The molecule has 2 aliphatic heterocycles. The van der Waals surface area contributed by atoms with Crippen LogP contribution in [0.4, 0.5) is 0 Å². The normalized spacial score (nSPS) is 33.7. The van der Waals surface area contributed by atoms with Gasteiger partial charge in [-0.2, -0.15) is 0 Å². The summed E-state index contributed by atoms with van der Waals surface area (Å²) in [6.07, 6.45) is 6.24. The smallest absolute Gasteiger partial charge is 0.310 e. The van der Waals surface area contributed by atoms with Gasteiger partial charge in [0.05, 0.1) is 13.0 Å². The molecule has 0 spiro atoms. The molecule has 3 fully saturated rings. The number of piperidine rings is 1. The van der Waals surface area contributed by atoms with E-state index in [2.05, 4.69) is 51.8 Å². The van der Waals surface area contributed by atoms with E-state index < -0.39 is 0 Å². The summed E-state index contributed by atoms with van der Waals surface area (Å²) in [7, 11) is 1.54. The van der Waals surface area contributed by atoms with Crippen LogP contribution in [0.5, 0.6) is 0 Å². The van der Waals surface area contributed by atoms with E-state index in [0.717, 1.165) is 18.8 Å². The minimum absolute atomic E-state index is 0.00226. The molecule has 0 amide bonds. The van der Waals surface area contributed by atoms with E-state index >= 15 is 0 Å². The predicted molar refractivity (Wildman–Crippen MR) is 98.3 cm³/mol. The van der Waals surface area contributed by atoms with Crippen LogP contribution in [0.25, 0.3) is 0 Å². The van der Waals surface area contributed by atoms with Gasteiger partial charge in [-0.1, -0.05) is 12.1 Å². The third kappa shape index (κ3) is 3.04. The number of carbonyl (C=O) groups excluding carboxylic acids is 1. The Kier molecular flexibility index (Phi) is 4.39. The number of hydrogen-bond donors (Lipinski definition) is 0. The maximum absolute atomic E-state index is 12.6. The van der Waals surface area contributed by atoms with E-state index in [4.69, 9.17) is 4.74 Å². The Balaban J connectivity index is 1.63. The van der Waals surface area contributed by atoms with Gasteiger partial charge in [-0.05, 0) is 78.3 Å². The number of rotatable bonds is 4. The van der Waals surface area contributed by atoms with Crippen molar-refractivity contribution in [1.29, 1.82) is 0 Å². The molecule has 0 radical (unpaired) electrons. The highest BCUT2D eigenvalue weighted by atomic mass is 127. The molecule has 0 N–H and O–H groups in total. The Morgan fingerprint density at radius 1 is 1.22 bits per heavy atom. The summed E-state index contributed by atoms with van der Waals surface area (Å²) < 4.78 is 6.46. The van der Waals surface area contributed by atoms with Crippen molar-refractivity contribution in [2.75, 3.05) is 13.7 Å². The van der Waals surface area contributed by atoms with Crippen LogP contribution in [-0.2, 0) is 9.53 Å². The highest BCUT2D eigenvalue weighted by Gasteiger charge is 2.51. The van der Waals surface area contributed by atoms with Crippen LogP contribution in [0.3, 0.4) is 0 Å². The Bertz CT molecular complexity index is 584. The first-order chi connectivity index (χ1) is 11.2. The molecular weight excluding hydrogens is 401 g/mol. The molecule has 1 aliphatic carbocycles.